The quantitative estimate of drug-likeness (QED) is 0.722. The molecule has 1 aromatic carbocycles. The lowest BCUT2D eigenvalue weighted by atomic mass is 10.1. The molecule has 14 heavy (non-hydrogen) atoms. The predicted octanol–water partition coefficient (Wildman–Crippen LogP) is 1.74. The van der Waals surface area contributed by atoms with E-state index in [-0.39, 0.29) is 6.79 Å². The van der Waals surface area contributed by atoms with Gasteiger partial charge in [0.25, 0.3) is 0 Å². The first kappa shape index (κ1) is 8.99. The van der Waals surface area contributed by atoms with Gasteiger partial charge >= 0.3 is 0 Å². The molecule has 0 saturated heterocycles. The van der Waals surface area contributed by atoms with Crippen LogP contribution in [0.25, 0.3) is 0 Å². The van der Waals surface area contributed by atoms with E-state index in [4.69, 9.17) is 18.9 Å². The van der Waals surface area contributed by atoms with Crippen LogP contribution < -0.4 is 18.9 Å². The summed E-state index contributed by atoms with van der Waals surface area (Å²) in [5, 5.41) is 0. The van der Waals surface area contributed by atoms with Crippen LogP contribution >= 0.6 is 0 Å². The van der Waals surface area contributed by atoms with E-state index in [1.165, 1.54) is 0 Å². The van der Waals surface area contributed by atoms with Gasteiger partial charge in [0.05, 0.1) is 14.2 Å². The topological polar surface area (TPSA) is 36.9 Å². The molecule has 0 aromatic heterocycles. The Bertz CT molecular complexity index is 360. The molecule has 0 atom stereocenters. The van der Waals surface area contributed by atoms with Crippen LogP contribution in [-0.4, -0.2) is 21.0 Å². The molecule has 2 rings (SSSR count). The van der Waals surface area contributed by atoms with Crippen molar-refractivity contribution in [3.63, 3.8) is 0 Å². The van der Waals surface area contributed by atoms with Gasteiger partial charge in [0.1, 0.15) is 5.75 Å². The molecule has 0 aliphatic carbocycles. The van der Waals surface area contributed by atoms with Crippen LogP contribution in [0.4, 0.5) is 0 Å². The zero-order chi connectivity index (χ0) is 10.1. The zero-order valence-electron chi connectivity index (χ0n) is 8.42. The van der Waals surface area contributed by atoms with Crippen molar-refractivity contribution in [1.82, 2.24) is 0 Å². The highest BCUT2D eigenvalue weighted by Crippen LogP contribution is 2.47. The van der Waals surface area contributed by atoms with Gasteiger partial charge in [-0.15, -0.1) is 0 Å². The Morgan fingerprint density at radius 3 is 2.36 bits per heavy atom. The molecule has 0 spiro atoms. The van der Waals surface area contributed by atoms with Crippen molar-refractivity contribution >= 4 is 0 Å². The first-order chi connectivity index (χ1) is 6.77. The number of benzene rings is 1. The average molecular weight is 196 g/mol. The average Bonchev–Trinajstić information content (AvgIpc) is 2.68. The molecule has 76 valence electrons. The van der Waals surface area contributed by atoms with Crippen LogP contribution in [0.15, 0.2) is 6.07 Å². The van der Waals surface area contributed by atoms with Crippen LogP contribution in [0.3, 0.4) is 0 Å². The summed E-state index contributed by atoms with van der Waals surface area (Å²) in [6.07, 6.45) is 0. The minimum Gasteiger partial charge on any atom is -0.496 e. The van der Waals surface area contributed by atoms with Crippen molar-refractivity contribution in [1.29, 1.82) is 0 Å². The van der Waals surface area contributed by atoms with E-state index in [2.05, 4.69) is 0 Å². The molecule has 1 aliphatic heterocycles. The van der Waals surface area contributed by atoms with Crippen molar-refractivity contribution in [2.24, 2.45) is 0 Å². The third-order valence-corrected chi connectivity index (χ3v) is 2.25. The molecule has 4 nitrogen and oxygen atoms in total. The number of hydrogen-bond donors (Lipinski definition) is 0. The lowest BCUT2D eigenvalue weighted by molar-refractivity contribution is 0.170. The van der Waals surface area contributed by atoms with Crippen molar-refractivity contribution in [3.8, 4) is 23.0 Å². The molecule has 0 fully saturated rings. The normalized spacial score (nSPS) is 12.8. The lowest BCUT2D eigenvalue weighted by Gasteiger charge is -2.10. The first-order valence-corrected chi connectivity index (χ1v) is 4.29. The largest absolute Gasteiger partial charge is 0.496 e. The minimum absolute atomic E-state index is 0.236. The van der Waals surface area contributed by atoms with Crippen LogP contribution in [-0.2, 0) is 0 Å². The van der Waals surface area contributed by atoms with Crippen molar-refractivity contribution in [2.75, 3.05) is 21.0 Å². The molecule has 4 heteroatoms. The van der Waals surface area contributed by atoms with E-state index < -0.39 is 0 Å². The number of fused-ring (bicyclic) bond motifs is 1. The Morgan fingerprint density at radius 2 is 1.71 bits per heavy atom. The fraction of sp³-hybridized carbons (Fsp3) is 0.400. The van der Waals surface area contributed by atoms with Crippen LogP contribution in [0.2, 0.25) is 0 Å². The van der Waals surface area contributed by atoms with Gasteiger partial charge in [-0.25, -0.2) is 0 Å². The van der Waals surface area contributed by atoms with E-state index in [1.807, 2.05) is 6.92 Å². The molecule has 0 amide bonds. The van der Waals surface area contributed by atoms with Crippen molar-refractivity contribution in [3.05, 3.63) is 11.6 Å². The SMILES string of the molecule is COc1cc(OC)c2c(c1C)OCO2. The summed E-state index contributed by atoms with van der Waals surface area (Å²) in [5.41, 5.74) is 0.931. The first-order valence-electron chi connectivity index (χ1n) is 4.29. The van der Waals surface area contributed by atoms with E-state index in [9.17, 15) is 0 Å². The fourth-order valence-corrected chi connectivity index (χ4v) is 1.51. The molecule has 1 heterocycles. The molecule has 0 N–H and O–H groups in total. The second-order valence-electron chi connectivity index (χ2n) is 2.97. The number of rotatable bonds is 2. The fourth-order valence-electron chi connectivity index (χ4n) is 1.51. The maximum Gasteiger partial charge on any atom is 0.231 e. The number of methoxy groups -OCH3 is 2. The molecule has 0 saturated carbocycles. The Kier molecular flexibility index (Phi) is 2.11. The summed E-state index contributed by atoms with van der Waals surface area (Å²) in [7, 11) is 3.20. The minimum atomic E-state index is 0.236. The Morgan fingerprint density at radius 1 is 1.07 bits per heavy atom. The Balaban J connectivity index is 2.60. The summed E-state index contributed by atoms with van der Waals surface area (Å²) in [5.74, 6) is 2.75. The summed E-state index contributed by atoms with van der Waals surface area (Å²) < 4.78 is 21.0. The summed E-state index contributed by atoms with van der Waals surface area (Å²) in [6, 6.07) is 1.79. The molecular formula is C10H12O4. The maximum atomic E-state index is 5.33. The van der Waals surface area contributed by atoms with Gasteiger partial charge in [0.15, 0.2) is 11.5 Å². The highest BCUT2D eigenvalue weighted by Gasteiger charge is 2.24. The van der Waals surface area contributed by atoms with Crippen LogP contribution in [0.5, 0.6) is 23.0 Å². The predicted molar refractivity (Wildman–Crippen MR) is 50.4 cm³/mol. The summed E-state index contributed by atoms with van der Waals surface area (Å²) in [4.78, 5) is 0. The van der Waals surface area contributed by atoms with Crippen molar-refractivity contribution < 1.29 is 18.9 Å². The van der Waals surface area contributed by atoms with Crippen LogP contribution in [0, 0.1) is 6.92 Å². The van der Waals surface area contributed by atoms with E-state index in [1.54, 1.807) is 20.3 Å². The third kappa shape index (κ3) is 1.14. The van der Waals surface area contributed by atoms with Gasteiger partial charge in [-0.1, -0.05) is 0 Å². The van der Waals surface area contributed by atoms with Gasteiger partial charge in [-0.3, -0.25) is 0 Å². The van der Waals surface area contributed by atoms with Gasteiger partial charge in [-0.2, -0.15) is 0 Å². The molecule has 0 unspecified atom stereocenters. The number of hydrogen-bond acceptors (Lipinski definition) is 4. The summed E-state index contributed by atoms with van der Waals surface area (Å²) in [6.45, 7) is 2.16. The highest BCUT2D eigenvalue weighted by atomic mass is 16.7. The second-order valence-corrected chi connectivity index (χ2v) is 2.97. The number of ether oxygens (including phenoxy) is 4. The van der Waals surface area contributed by atoms with Gasteiger partial charge in [0.2, 0.25) is 12.5 Å². The van der Waals surface area contributed by atoms with E-state index in [0.717, 1.165) is 11.3 Å². The smallest absolute Gasteiger partial charge is 0.231 e. The highest BCUT2D eigenvalue weighted by molar-refractivity contribution is 5.62. The standard InChI is InChI=1S/C10H12O4/c1-6-7(11-2)4-8(12-3)10-9(6)13-5-14-10/h4H,5H2,1-3H3. The third-order valence-electron chi connectivity index (χ3n) is 2.25. The molecule has 1 aliphatic rings. The molecular weight excluding hydrogens is 184 g/mol. The van der Waals surface area contributed by atoms with Gasteiger partial charge in [-0.05, 0) is 6.92 Å². The second kappa shape index (κ2) is 3.29. The maximum absolute atomic E-state index is 5.33. The van der Waals surface area contributed by atoms with Crippen molar-refractivity contribution in [2.45, 2.75) is 6.92 Å². The Hall–Kier alpha value is -1.58. The van der Waals surface area contributed by atoms with Crippen LogP contribution in [0.1, 0.15) is 5.56 Å². The Labute approximate surface area is 82.3 Å². The molecule has 0 radical (unpaired) electrons. The molecule has 1 aromatic rings. The van der Waals surface area contributed by atoms with E-state index >= 15 is 0 Å². The summed E-state index contributed by atoms with van der Waals surface area (Å²) >= 11 is 0. The lowest BCUT2D eigenvalue weighted by Crippen LogP contribution is -1.94. The van der Waals surface area contributed by atoms with Gasteiger partial charge in [0, 0.05) is 11.6 Å². The zero-order valence-corrected chi connectivity index (χ0v) is 8.42. The molecule has 0 bridgehead atoms. The monoisotopic (exact) mass is 196 g/mol. The van der Waals surface area contributed by atoms with E-state index in [0.29, 0.717) is 17.2 Å². The van der Waals surface area contributed by atoms with Gasteiger partial charge < -0.3 is 18.9 Å².